The SMILES string of the molecule is CC(C)C(NC(=O)NCc1ccoc1)C(=O)O. The number of hydrogen-bond donors (Lipinski definition) is 3. The van der Waals surface area contributed by atoms with Crippen LogP contribution in [0, 0.1) is 5.92 Å². The van der Waals surface area contributed by atoms with E-state index in [9.17, 15) is 9.59 Å². The van der Waals surface area contributed by atoms with Crippen molar-refractivity contribution in [2.75, 3.05) is 0 Å². The molecule has 0 aliphatic heterocycles. The van der Waals surface area contributed by atoms with E-state index < -0.39 is 18.0 Å². The lowest BCUT2D eigenvalue weighted by Crippen LogP contribution is -2.48. The standard InChI is InChI=1S/C11H16N2O4/c1-7(2)9(10(14)15)13-11(16)12-5-8-3-4-17-6-8/h3-4,6-7,9H,5H2,1-2H3,(H,14,15)(H2,12,13,16). The van der Waals surface area contributed by atoms with Crippen molar-refractivity contribution >= 4 is 12.0 Å². The molecule has 0 saturated heterocycles. The van der Waals surface area contributed by atoms with Gasteiger partial charge in [0.2, 0.25) is 0 Å². The van der Waals surface area contributed by atoms with E-state index in [2.05, 4.69) is 10.6 Å². The summed E-state index contributed by atoms with van der Waals surface area (Å²) >= 11 is 0. The van der Waals surface area contributed by atoms with Gasteiger partial charge in [0.05, 0.1) is 12.5 Å². The molecule has 6 heteroatoms. The van der Waals surface area contributed by atoms with E-state index in [1.54, 1.807) is 19.9 Å². The van der Waals surface area contributed by atoms with Crippen LogP contribution in [0.2, 0.25) is 0 Å². The summed E-state index contributed by atoms with van der Waals surface area (Å²) in [6, 6.07) is 0.323. The summed E-state index contributed by atoms with van der Waals surface area (Å²) in [5.41, 5.74) is 0.816. The first-order chi connectivity index (χ1) is 8.00. The van der Waals surface area contributed by atoms with Crippen molar-refractivity contribution in [3.63, 3.8) is 0 Å². The zero-order chi connectivity index (χ0) is 12.8. The van der Waals surface area contributed by atoms with Crippen LogP contribution in [0.5, 0.6) is 0 Å². The molecule has 17 heavy (non-hydrogen) atoms. The summed E-state index contributed by atoms with van der Waals surface area (Å²) in [6.07, 6.45) is 3.01. The first kappa shape index (κ1) is 13.1. The van der Waals surface area contributed by atoms with E-state index in [0.717, 1.165) is 5.56 Å². The number of rotatable bonds is 5. The fraction of sp³-hybridized carbons (Fsp3) is 0.455. The fourth-order valence-electron chi connectivity index (χ4n) is 1.28. The molecule has 1 rings (SSSR count). The van der Waals surface area contributed by atoms with Gasteiger partial charge >= 0.3 is 12.0 Å². The molecule has 0 aromatic carbocycles. The summed E-state index contributed by atoms with van der Waals surface area (Å²) in [7, 11) is 0. The molecular weight excluding hydrogens is 224 g/mol. The molecule has 1 unspecified atom stereocenters. The van der Waals surface area contributed by atoms with Gasteiger partial charge in [0, 0.05) is 12.1 Å². The number of carbonyl (C=O) groups excluding carboxylic acids is 1. The van der Waals surface area contributed by atoms with E-state index in [1.807, 2.05) is 0 Å². The average molecular weight is 240 g/mol. The topological polar surface area (TPSA) is 91.6 Å². The molecule has 0 aliphatic carbocycles. The summed E-state index contributed by atoms with van der Waals surface area (Å²) in [5, 5.41) is 13.8. The van der Waals surface area contributed by atoms with E-state index in [4.69, 9.17) is 9.52 Å². The summed E-state index contributed by atoms with van der Waals surface area (Å²) in [5.74, 6) is -1.22. The molecule has 3 N–H and O–H groups in total. The molecule has 0 spiro atoms. The molecule has 0 aliphatic rings. The number of furan rings is 1. The maximum Gasteiger partial charge on any atom is 0.326 e. The monoisotopic (exact) mass is 240 g/mol. The van der Waals surface area contributed by atoms with Crippen LogP contribution in [-0.4, -0.2) is 23.1 Å². The molecule has 0 saturated carbocycles. The quantitative estimate of drug-likeness (QED) is 0.720. The molecule has 1 aromatic rings. The summed E-state index contributed by atoms with van der Waals surface area (Å²) in [6.45, 7) is 3.76. The van der Waals surface area contributed by atoms with Crippen LogP contribution in [0.4, 0.5) is 4.79 Å². The second kappa shape index (κ2) is 5.93. The first-order valence-corrected chi connectivity index (χ1v) is 5.29. The van der Waals surface area contributed by atoms with Gasteiger partial charge in [-0.1, -0.05) is 13.8 Å². The first-order valence-electron chi connectivity index (χ1n) is 5.29. The van der Waals surface area contributed by atoms with Crippen molar-refractivity contribution in [2.45, 2.75) is 26.4 Å². The third kappa shape index (κ3) is 4.18. The Labute approximate surface area is 99.0 Å². The molecule has 1 aromatic heterocycles. The average Bonchev–Trinajstić information content (AvgIpc) is 2.74. The van der Waals surface area contributed by atoms with E-state index in [1.165, 1.54) is 12.5 Å². The van der Waals surface area contributed by atoms with Crippen molar-refractivity contribution in [3.8, 4) is 0 Å². The highest BCUT2D eigenvalue weighted by Crippen LogP contribution is 2.02. The Morgan fingerprint density at radius 1 is 1.47 bits per heavy atom. The van der Waals surface area contributed by atoms with Crippen molar-refractivity contribution < 1.29 is 19.1 Å². The lowest BCUT2D eigenvalue weighted by molar-refractivity contribution is -0.140. The van der Waals surface area contributed by atoms with Gasteiger partial charge in [-0.3, -0.25) is 0 Å². The number of amides is 2. The van der Waals surface area contributed by atoms with Crippen LogP contribution in [0.25, 0.3) is 0 Å². The highest BCUT2D eigenvalue weighted by atomic mass is 16.4. The van der Waals surface area contributed by atoms with Gasteiger partial charge in [-0.25, -0.2) is 9.59 Å². The molecule has 0 bridgehead atoms. The third-order valence-corrected chi connectivity index (χ3v) is 2.25. The zero-order valence-electron chi connectivity index (χ0n) is 9.77. The lowest BCUT2D eigenvalue weighted by Gasteiger charge is -2.18. The van der Waals surface area contributed by atoms with Crippen molar-refractivity contribution in [1.82, 2.24) is 10.6 Å². The predicted octanol–water partition coefficient (Wildman–Crippen LogP) is 1.19. The Hall–Kier alpha value is -1.98. The molecule has 1 heterocycles. The highest BCUT2D eigenvalue weighted by Gasteiger charge is 2.23. The third-order valence-electron chi connectivity index (χ3n) is 2.25. The maximum absolute atomic E-state index is 11.4. The number of nitrogens with one attached hydrogen (secondary N) is 2. The Morgan fingerprint density at radius 3 is 2.65 bits per heavy atom. The van der Waals surface area contributed by atoms with Gasteiger partial charge in [-0.15, -0.1) is 0 Å². The summed E-state index contributed by atoms with van der Waals surface area (Å²) < 4.78 is 4.84. The zero-order valence-corrected chi connectivity index (χ0v) is 9.77. The molecular formula is C11H16N2O4. The number of carboxylic acid groups (broad SMARTS) is 1. The Balaban J connectivity index is 2.40. The number of carboxylic acids is 1. The summed E-state index contributed by atoms with van der Waals surface area (Å²) in [4.78, 5) is 22.3. The minimum atomic E-state index is -1.04. The van der Waals surface area contributed by atoms with Gasteiger partial charge in [-0.2, -0.15) is 0 Å². The smallest absolute Gasteiger partial charge is 0.326 e. The second-order valence-corrected chi connectivity index (χ2v) is 4.02. The molecule has 1 atom stereocenters. The van der Waals surface area contributed by atoms with Gasteiger partial charge in [0.15, 0.2) is 0 Å². The molecule has 6 nitrogen and oxygen atoms in total. The van der Waals surface area contributed by atoms with Crippen LogP contribution in [0.1, 0.15) is 19.4 Å². The minimum Gasteiger partial charge on any atom is -0.480 e. The van der Waals surface area contributed by atoms with Crippen molar-refractivity contribution in [2.24, 2.45) is 5.92 Å². The number of urea groups is 1. The van der Waals surface area contributed by atoms with Crippen LogP contribution < -0.4 is 10.6 Å². The lowest BCUT2D eigenvalue weighted by atomic mass is 10.1. The number of carbonyl (C=O) groups is 2. The van der Waals surface area contributed by atoms with Crippen molar-refractivity contribution in [3.05, 3.63) is 24.2 Å². The normalized spacial score (nSPS) is 12.2. The largest absolute Gasteiger partial charge is 0.480 e. The fourth-order valence-corrected chi connectivity index (χ4v) is 1.28. The van der Waals surface area contributed by atoms with Gasteiger partial charge in [0.1, 0.15) is 6.04 Å². The Kier molecular flexibility index (Phi) is 4.56. The minimum absolute atomic E-state index is 0.174. The van der Waals surface area contributed by atoms with E-state index in [0.29, 0.717) is 6.54 Å². The van der Waals surface area contributed by atoms with Crippen LogP contribution in [0.15, 0.2) is 23.0 Å². The highest BCUT2D eigenvalue weighted by molar-refractivity contribution is 5.82. The second-order valence-electron chi connectivity index (χ2n) is 4.02. The number of hydrogen-bond acceptors (Lipinski definition) is 3. The van der Waals surface area contributed by atoms with Gasteiger partial charge in [0.25, 0.3) is 0 Å². The van der Waals surface area contributed by atoms with Crippen LogP contribution in [-0.2, 0) is 11.3 Å². The van der Waals surface area contributed by atoms with Gasteiger partial charge in [-0.05, 0) is 12.0 Å². The predicted molar refractivity (Wildman–Crippen MR) is 60.3 cm³/mol. The Bertz CT molecular complexity index is 373. The molecule has 94 valence electrons. The van der Waals surface area contributed by atoms with E-state index >= 15 is 0 Å². The Morgan fingerprint density at radius 2 is 2.18 bits per heavy atom. The maximum atomic E-state index is 11.4. The molecule has 2 amide bonds. The van der Waals surface area contributed by atoms with Crippen LogP contribution >= 0.6 is 0 Å². The molecule has 0 fully saturated rings. The van der Waals surface area contributed by atoms with Crippen LogP contribution in [0.3, 0.4) is 0 Å². The van der Waals surface area contributed by atoms with E-state index in [-0.39, 0.29) is 5.92 Å². The number of aliphatic carboxylic acids is 1. The van der Waals surface area contributed by atoms with Crippen molar-refractivity contribution in [1.29, 1.82) is 0 Å². The van der Waals surface area contributed by atoms with Gasteiger partial charge < -0.3 is 20.2 Å². The molecule has 0 radical (unpaired) electrons.